The Kier molecular flexibility index (Phi) is 0.930. The molecule has 0 aromatic rings. The molecule has 0 aliphatic heterocycles. The molecule has 185 valence electrons. The van der Waals surface area contributed by atoms with Crippen molar-refractivity contribution >= 4 is 83.5 Å². The van der Waals surface area contributed by atoms with Gasteiger partial charge in [-0.3, -0.25) is 0 Å². The van der Waals surface area contributed by atoms with Crippen LogP contribution in [0, 0.1) is 0 Å². The van der Waals surface area contributed by atoms with Gasteiger partial charge >= 0.3 is 160 Å². The van der Waals surface area contributed by atoms with Crippen LogP contribution in [0.1, 0.15) is 0 Å². The van der Waals surface area contributed by atoms with Crippen molar-refractivity contribution in [1.82, 2.24) is 0 Å². The molecule has 0 saturated carbocycles. The molecule has 0 N–H and O–H groups in total. The van der Waals surface area contributed by atoms with Crippen molar-refractivity contribution in [3.05, 3.63) is 0 Å². The van der Waals surface area contributed by atoms with Gasteiger partial charge in [0.1, 0.15) is 0 Å². The Morgan fingerprint density at radius 2 is 0.242 bits per heavy atom. The van der Waals surface area contributed by atoms with Gasteiger partial charge in [0.2, 0.25) is 0 Å². The maximum absolute atomic E-state index is 19.1. The zero-order valence-corrected chi connectivity index (χ0v) is 17.1. The van der Waals surface area contributed by atoms with E-state index in [1.807, 2.05) is 0 Å². The second kappa shape index (κ2) is 1.09. The molecule has 16 nitrogen and oxygen atoms in total. The minimum absolute atomic E-state index is 3.49. The number of hydrogen-bond donors (Lipinski definition) is 0. The summed E-state index contributed by atoms with van der Waals surface area (Å²) < 4.78 is -19.1. The van der Waals surface area contributed by atoms with Crippen LogP contribution in [0.2, 0.25) is 0 Å². The Morgan fingerprint density at radius 3 is 0.242 bits per heavy atom. The Bertz CT molecular complexity index is 1470. The third kappa shape index (κ3) is 0.313. The van der Waals surface area contributed by atoms with Gasteiger partial charge in [-0.1, -0.05) is 0 Å². The van der Waals surface area contributed by atoms with E-state index in [4.69, 9.17) is 0 Å². The van der Waals surface area contributed by atoms with Gasteiger partial charge in [0.05, 0.1) is 0 Å². The van der Waals surface area contributed by atoms with Crippen LogP contribution in [0.5, 0.6) is 0 Å². The minimum atomic E-state index is -19.1. The summed E-state index contributed by atoms with van der Waals surface area (Å²) in [7, 11) is 0. The zero-order valence-electron chi connectivity index (χ0n) is 16.1. The van der Waals surface area contributed by atoms with E-state index in [0.717, 1.165) is 0 Å². The first-order valence-electron chi connectivity index (χ1n) is 6.85. The second-order valence-corrected chi connectivity index (χ2v) is 60.2. The Balaban J connectivity index is 16.5. The maximum atomic E-state index is 13.7. The first kappa shape index (κ1) is 28.2. The molecule has 33 heavy (non-hydrogen) atoms. The molecule has 0 heterocycles. The molecule has 0 aromatic carbocycles. The topological polar surface area (TPSA) is 273 Å². The van der Waals surface area contributed by atoms with Crippen LogP contribution in [0.3, 0.4) is 0 Å². The molecular formula is C16H16CoO16. The molecule has 0 atom stereocenters. The molecule has 0 rings (SSSR count). The molecule has 0 radical (unpaired) electrons. The van der Waals surface area contributed by atoms with Crippen molar-refractivity contribution in [2.24, 2.45) is 0 Å². The molecule has 0 aliphatic carbocycles. The molecule has 0 fully saturated rings. The van der Waals surface area contributed by atoms with Crippen LogP contribution in [-0.2, 0) is 76.8 Å². The fourth-order valence-corrected chi connectivity index (χ4v) is 9.16. The SMILES string of the molecule is O=[CH][Co]([CH]=O)([CH]=O)([CH]=O)([CH]=O)([CH]=O)([CH]=O)([CH]=O)([CH]=O)([CH]=O)([CH]=O)([CH]=O)([CH]=O)([CH]=O)([CH]=O)[CH]=O. The average molecular weight is 523 g/mol. The summed E-state index contributed by atoms with van der Waals surface area (Å²) in [5.74, 6) is 0. The van der Waals surface area contributed by atoms with Gasteiger partial charge in [0.25, 0.3) is 0 Å². The van der Waals surface area contributed by atoms with Crippen molar-refractivity contribution in [1.29, 1.82) is 0 Å². The van der Waals surface area contributed by atoms with E-state index >= 15 is 0 Å². The van der Waals surface area contributed by atoms with Gasteiger partial charge in [-0.15, -0.1) is 0 Å². The molecule has 0 aliphatic rings. The van der Waals surface area contributed by atoms with Crippen LogP contribution in [0.25, 0.3) is 0 Å². The predicted octanol–water partition coefficient (Wildman–Crippen LogP) is -4.39. The molecule has 0 unspecified atom stereocenters. The van der Waals surface area contributed by atoms with Crippen molar-refractivity contribution in [3.63, 3.8) is 0 Å². The number of carbonyl (C=O) groups excluding carboxylic acids is 16. The van der Waals surface area contributed by atoms with E-state index in [2.05, 4.69) is 0 Å². The summed E-state index contributed by atoms with van der Waals surface area (Å²) in [6.45, 7) is 0. The molecule has 17 heteroatoms. The second-order valence-electron chi connectivity index (χ2n) is 14.6. The molecule has 0 aromatic heterocycles. The van der Waals surface area contributed by atoms with Crippen molar-refractivity contribution in [3.8, 4) is 0 Å². The Morgan fingerprint density at radius 1 is 0.182 bits per heavy atom. The van der Waals surface area contributed by atoms with E-state index in [0.29, 0.717) is 0 Å². The van der Waals surface area contributed by atoms with Crippen LogP contribution in [0.4, 0.5) is 0 Å². The Hall–Kier alpha value is -4.77. The van der Waals surface area contributed by atoms with Crippen molar-refractivity contribution < 1.29 is 76.8 Å². The fourth-order valence-electron chi connectivity index (χ4n) is 2.22. The normalized spacial score (nSPS) is 35.9. The summed E-state index contributed by atoms with van der Waals surface area (Å²) in [5, 5.41) is -55.8. The Labute approximate surface area is 160 Å². The van der Waals surface area contributed by atoms with Crippen LogP contribution in [-0.4, -0.2) is 83.5 Å². The summed E-state index contributed by atoms with van der Waals surface area (Å²) in [6.07, 6.45) is 0. The van der Waals surface area contributed by atoms with Gasteiger partial charge in [-0.2, -0.15) is 0 Å². The van der Waals surface area contributed by atoms with Crippen LogP contribution >= 0.6 is 0 Å². The van der Waals surface area contributed by atoms with E-state index < -0.39 is 83.6 Å². The first-order chi connectivity index (χ1) is 14.1. The monoisotopic (exact) mass is 523 g/mol. The van der Waals surface area contributed by atoms with Crippen LogP contribution in [0.15, 0.2) is 0 Å². The van der Waals surface area contributed by atoms with E-state index in [-0.39, 0.29) is 0 Å². The first-order valence-corrected chi connectivity index (χ1v) is 16.5. The van der Waals surface area contributed by atoms with Crippen molar-refractivity contribution in [2.75, 3.05) is 0 Å². The molecule has 0 saturated heterocycles. The standard InChI is InChI=1S/16CHO.Co/c16*1-2;/h16*1H;. The fraction of sp³-hybridized carbons (Fsp3) is 0. The molecule has 0 amide bonds. The summed E-state index contributed by atoms with van der Waals surface area (Å²) in [6, 6.07) is 0. The predicted molar refractivity (Wildman–Crippen MR) is 108 cm³/mol. The molecule has 0 bridgehead atoms. The van der Waals surface area contributed by atoms with Crippen molar-refractivity contribution in [2.45, 2.75) is 0 Å². The zero-order chi connectivity index (χ0) is 27.6. The molecule has 0 spiro atoms. The summed E-state index contributed by atoms with van der Waals surface area (Å²) >= 11 is 0. The van der Waals surface area contributed by atoms with Gasteiger partial charge < -0.3 is 0 Å². The van der Waals surface area contributed by atoms with Crippen LogP contribution < -0.4 is 0 Å². The average Bonchev–Trinajstić information content (AvgIpc) is 3.01. The van der Waals surface area contributed by atoms with Gasteiger partial charge in [-0.25, -0.2) is 0 Å². The third-order valence-electron chi connectivity index (χ3n) is 10.9. The van der Waals surface area contributed by atoms with E-state index in [1.165, 1.54) is 0 Å². The van der Waals surface area contributed by atoms with E-state index in [1.54, 1.807) is 0 Å². The number of carbonyl (C=O) groups is 16. The van der Waals surface area contributed by atoms with Gasteiger partial charge in [-0.05, 0) is 0 Å². The van der Waals surface area contributed by atoms with Gasteiger partial charge in [0.15, 0.2) is 0 Å². The summed E-state index contributed by atoms with van der Waals surface area (Å²) in [4.78, 5) is 219. The van der Waals surface area contributed by atoms with E-state index in [9.17, 15) is 76.7 Å². The quantitative estimate of drug-likeness (QED) is 0.173. The third-order valence-corrected chi connectivity index (χ3v) is 44.9. The number of hydrogen-bond acceptors (Lipinski definition) is 16. The number of rotatable bonds is 16. The summed E-state index contributed by atoms with van der Waals surface area (Å²) in [5.41, 5.74) is 0. The molecular weight excluding hydrogens is 507 g/mol. The van der Waals surface area contributed by atoms with Gasteiger partial charge in [0, 0.05) is 0 Å².